The van der Waals surface area contributed by atoms with E-state index in [0.717, 1.165) is 23.9 Å². The van der Waals surface area contributed by atoms with Crippen molar-refractivity contribution in [2.75, 3.05) is 5.32 Å². The first-order valence-electron chi connectivity index (χ1n) is 9.96. The molecule has 152 valence electrons. The van der Waals surface area contributed by atoms with Crippen molar-refractivity contribution in [3.8, 4) is 11.3 Å². The SMILES string of the molecule is O=C(Nc1nc(-c2ccccc2)co1)C1CCC(n2c(=O)oc3cnccc32)CC1. The van der Waals surface area contributed by atoms with Gasteiger partial charge in [-0.15, -0.1) is 0 Å². The lowest BCUT2D eigenvalue weighted by molar-refractivity contribution is -0.121. The van der Waals surface area contributed by atoms with Gasteiger partial charge in [-0.05, 0) is 31.7 Å². The quantitative estimate of drug-likeness (QED) is 0.551. The molecular formula is C22H20N4O4. The van der Waals surface area contributed by atoms with E-state index >= 15 is 0 Å². The molecule has 30 heavy (non-hydrogen) atoms. The number of amides is 1. The van der Waals surface area contributed by atoms with E-state index in [0.29, 0.717) is 24.1 Å². The number of oxazole rings is 2. The maximum Gasteiger partial charge on any atom is 0.420 e. The molecule has 0 aliphatic heterocycles. The van der Waals surface area contributed by atoms with Gasteiger partial charge >= 0.3 is 11.8 Å². The van der Waals surface area contributed by atoms with E-state index in [1.807, 2.05) is 30.3 Å². The van der Waals surface area contributed by atoms with Crippen LogP contribution in [0.5, 0.6) is 0 Å². The van der Waals surface area contributed by atoms with Gasteiger partial charge in [-0.3, -0.25) is 19.7 Å². The van der Waals surface area contributed by atoms with Crippen LogP contribution in [-0.2, 0) is 4.79 Å². The van der Waals surface area contributed by atoms with Gasteiger partial charge in [0.05, 0.1) is 11.7 Å². The van der Waals surface area contributed by atoms with Crippen molar-refractivity contribution in [3.05, 3.63) is 65.6 Å². The van der Waals surface area contributed by atoms with Gasteiger partial charge < -0.3 is 8.83 Å². The molecule has 8 nitrogen and oxygen atoms in total. The van der Waals surface area contributed by atoms with Gasteiger partial charge in [0.15, 0.2) is 5.58 Å². The Labute approximate surface area is 171 Å². The average Bonchev–Trinajstić information content (AvgIpc) is 3.38. The third kappa shape index (κ3) is 3.41. The Morgan fingerprint density at radius 1 is 1.10 bits per heavy atom. The van der Waals surface area contributed by atoms with E-state index in [1.54, 1.807) is 23.0 Å². The lowest BCUT2D eigenvalue weighted by atomic mass is 9.85. The molecule has 0 radical (unpaired) electrons. The maximum atomic E-state index is 12.7. The van der Waals surface area contributed by atoms with Crippen LogP contribution < -0.4 is 11.1 Å². The summed E-state index contributed by atoms with van der Waals surface area (Å²) in [7, 11) is 0. The fourth-order valence-electron chi connectivity index (χ4n) is 4.11. The lowest BCUT2D eigenvalue weighted by Gasteiger charge is -2.27. The van der Waals surface area contributed by atoms with Crippen LogP contribution in [0, 0.1) is 5.92 Å². The number of carbonyl (C=O) groups excluding carboxylic acids is 1. The highest BCUT2D eigenvalue weighted by atomic mass is 16.4. The van der Waals surface area contributed by atoms with E-state index in [4.69, 9.17) is 8.83 Å². The molecule has 1 saturated carbocycles. The number of nitrogens with zero attached hydrogens (tertiary/aromatic N) is 3. The number of hydrogen-bond acceptors (Lipinski definition) is 6. The number of aromatic nitrogens is 3. The number of anilines is 1. The molecule has 3 heterocycles. The molecule has 1 amide bonds. The number of benzene rings is 1. The summed E-state index contributed by atoms with van der Waals surface area (Å²) >= 11 is 0. The number of fused-ring (bicyclic) bond motifs is 1. The Hall–Kier alpha value is -3.68. The van der Waals surface area contributed by atoms with Crippen molar-refractivity contribution in [1.29, 1.82) is 0 Å². The largest absolute Gasteiger partial charge is 0.431 e. The molecule has 1 aliphatic rings. The number of hydrogen-bond donors (Lipinski definition) is 1. The third-order valence-corrected chi connectivity index (χ3v) is 5.65. The normalized spacial score (nSPS) is 19.1. The topological polar surface area (TPSA) is 103 Å². The van der Waals surface area contributed by atoms with Crippen molar-refractivity contribution in [2.45, 2.75) is 31.7 Å². The van der Waals surface area contributed by atoms with Crippen LogP contribution in [-0.4, -0.2) is 20.4 Å². The molecule has 5 rings (SSSR count). The molecule has 4 aromatic rings. The van der Waals surface area contributed by atoms with Gasteiger partial charge in [-0.1, -0.05) is 30.3 Å². The summed E-state index contributed by atoms with van der Waals surface area (Å²) in [5.74, 6) is -0.633. The van der Waals surface area contributed by atoms with Crippen LogP contribution in [0.4, 0.5) is 6.01 Å². The molecule has 3 aromatic heterocycles. The van der Waals surface area contributed by atoms with Gasteiger partial charge in [-0.2, -0.15) is 4.98 Å². The van der Waals surface area contributed by atoms with Crippen LogP contribution in [0.15, 0.2) is 68.7 Å². The molecule has 0 saturated heterocycles. The molecule has 0 atom stereocenters. The van der Waals surface area contributed by atoms with Crippen molar-refractivity contribution < 1.29 is 13.6 Å². The summed E-state index contributed by atoms with van der Waals surface area (Å²) in [5, 5.41) is 2.78. The van der Waals surface area contributed by atoms with Gasteiger partial charge in [-0.25, -0.2) is 4.79 Å². The second-order valence-corrected chi connectivity index (χ2v) is 7.48. The Bertz CT molecular complexity index is 1230. The molecule has 1 aliphatic carbocycles. The van der Waals surface area contributed by atoms with E-state index in [-0.39, 0.29) is 29.6 Å². The zero-order chi connectivity index (χ0) is 20.5. The first-order valence-corrected chi connectivity index (χ1v) is 9.96. The zero-order valence-electron chi connectivity index (χ0n) is 16.2. The van der Waals surface area contributed by atoms with Crippen molar-refractivity contribution >= 4 is 23.0 Å². The molecule has 8 heteroatoms. The molecule has 1 aromatic carbocycles. The Morgan fingerprint density at radius 2 is 1.90 bits per heavy atom. The van der Waals surface area contributed by atoms with Gasteiger partial charge in [0.1, 0.15) is 12.0 Å². The fourth-order valence-corrected chi connectivity index (χ4v) is 4.11. The van der Waals surface area contributed by atoms with Crippen LogP contribution >= 0.6 is 0 Å². The van der Waals surface area contributed by atoms with Crippen LogP contribution in [0.1, 0.15) is 31.7 Å². The highest BCUT2D eigenvalue weighted by Crippen LogP contribution is 2.34. The van der Waals surface area contributed by atoms with Gasteiger partial charge in [0, 0.05) is 23.7 Å². The maximum absolute atomic E-state index is 12.7. The third-order valence-electron chi connectivity index (χ3n) is 5.65. The first kappa shape index (κ1) is 18.4. The number of nitrogens with one attached hydrogen (secondary N) is 1. The Kier molecular flexibility index (Phi) is 4.66. The summed E-state index contributed by atoms with van der Waals surface area (Å²) in [6.07, 6.45) is 7.51. The molecule has 0 bridgehead atoms. The molecule has 1 fully saturated rings. The van der Waals surface area contributed by atoms with E-state index in [2.05, 4.69) is 15.3 Å². The van der Waals surface area contributed by atoms with Crippen molar-refractivity contribution in [2.24, 2.45) is 5.92 Å². The zero-order valence-corrected chi connectivity index (χ0v) is 16.2. The fraction of sp³-hybridized carbons (Fsp3) is 0.273. The number of rotatable bonds is 4. The van der Waals surface area contributed by atoms with E-state index in [1.165, 1.54) is 6.26 Å². The van der Waals surface area contributed by atoms with Gasteiger partial charge in [0.2, 0.25) is 5.91 Å². The average molecular weight is 404 g/mol. The summed E-state index contributed by atoms with van der Waals surface area (Å²) in [4.78, 5) is 33.3. The van der Waals surface area contributed by atoms with Crippen LogP contribution in [0.25, 0.3) is 22.4 Å². The van der Waals surface area contributed by atoms with Crippen LogP contribution in [0.3, 0.4) is 0 Å². The summed E-state index contributed by atoms with van der Waals surface area (Å²) in [6, 6.07) is 11.6. The number of pyridine rings is 1. The second kappa shape index (κ2) is 7.62. The van der Waals surface area contributed by atoms with Crippen molar-refractivity contribution in [1.82, 2.24) is 14.5 Å². The van der Waals surface area contributed by atoms with Crippen LogP contribution in [0.2, 0.25) is 0 Å². The summed E-state index contributed by atoms with van der Waals surface area (Å²) < 4.78 is 12.4. The highest BCUT2D eigenvalue weighted by Gasteiger charge is 2.30. The molecule has 1 N–H and O–H groups in total. The predicted molar refractivity (Wildman–Crippen MR) is 110 cm³/mol. The van der Waals surface area contributed by atoms with E-state index < -0.39 is 0 Å². The Balaban J connectivity index is 1.24. The minimum Gasteiger partial charge on any atom is -0.431 e. The Morgan fingerprint density at radius 3 is 2.70 bits per heavy atom. The number of carbonyl (C=O) groups is 1. The second-order valence-electron chi connectivity index (χ2n) is 7.48. The van der Waals surface area contributed by atoms with Gasteiger partial charge in [0.25, 0.3) is 0 Å². The minimum absolute atomic E-state index is 0.0108. The molecular weight excluding hydrogens is 384 g/mol. The highest BCUT2D eigenvalue weighted by molar-refractivity contribution is 5.90. The standard InChI is InChI=1S/C22H20N4O4/c27-20(25-21-24-17(13-29-21)14-4-2-1-3-5-14)15-6-8-16(9-7-15)26-18-10-11-23-12-19(18)30-22(26)28/h1-5,10-13,15-16H,6-9H2,(H,24,25,27). The minimum atomic E-state index is -0.376. The van der Waals surface area contributed by atoms with E-state index in [9.17, 15) is 9.59 Å². The monoisotopic (exact) mass is 404 g/mol. The summed E-state index contributed by atoms with van der Waals surface area (Å²) in [5.41, 5.74) is 2.84. The molecule has 0 spiro atoms. The molecule has 0 unspecified atom stereocenters. The lowest BCUT2D eigenvalue weighted by Crippen LogP contribution is -2.30. The smallest absolute Gasteiger partial charge is 0.420 e. The first-order chi connectivity index (χ1) is 14.7. The van der Waals surface area contributed by atoms with Crippen molar-refractivity contribution in [3.63, 3.8) is 0 Å². The predicted octanol–water partition coefficient (Wildman–Crippen LogP) is 4.01. The summed E-state index contributed by atoms with van der Waals surface area (Å²) in [6.45, 7) is 0.